The predicted octanol–water partition coefficient (Wildman–Crippen LogP) is 2.69. The molecule has 19 heavy (non-hydrogen) atoms. The minimum Gasteiger partial charge on any atom is -0.369 e. The molecule has 0 spiro atoms. The first kappa shape index (κ1) is 13.9. The molecule has 2 rings (SSSR count). The van der Waals surface area contributed by atoms with Gasteiger partial charge in [-0.2, -0.15) is 0 Å². The molecule has 0 saturated heterocycles. The van der Waals surface area contributed by atoms with Crippen LogP contribution in [0.4, 0.5) is 5.95 Å². The van der Waals surface area contributed by atoms with Crippen LogP contribution in [0.3, 0.4) is 0 Å². The minimum absolute atomic E-state index is 0.335. The Labute approximate surface area is 115 Å². The number of aryl methyl sites for hydroxylation is 1. The molecule has 1 aromatic heterocycles. The first-order valence-corrected chi connectivity index (χ1v) is 6.79. The number of nitrogens with two attached hydrogens (primary N) is 1. The summed E-state index contributed by atoms with van der Waals surface area (Å²) in [6.45, 7) is 7.52. The van der Waals surface area contributed by atoms with Crippen molar-refractivity contribution in [2.24, 2.45) is 5.92 Å². The molecule has 2 N–H and O–H groups in total. The smallest absolute Gasteiger partial charge is 0.201 e. The minimum atomic E-state index is 0.335. The molecule has 1 unspecified atom stereocenters. The third-order valence-electron chi connectivity index (χ3n) is 3.53. The summed E-state index contributed by atoms with van der Waals surface area (Å²) in [6.07, 6.45) is 0. The summed E-state index contributed by atoms with van der Waals surface area (Å²) in [5.74, 6) is 1.11. The highest BCUT2D eigenvalue weighted by Crippen LogP contribution is 2.28. The molecule has 0 bridgehead atoms. The summed E-state index contributed by atoms with van der Waals surface area (Å²) < 4.78 is 2.19. The van der Waals surface area contributed by atoms with Crippen LogP contribution in [0.2, 0.25) is 0 Å². The molecule has 0 aliphatic rings. The second kappa shape index (κ2) is 5.21. The topological polar surface area (TPSA) is 47.1 Å². The molecule has 4 heteroatoms. The fourth-order valence-corrected chi connectivity index (χ4v) is 2.53. The summed E-state index contributed by atoms with van der Waals surface area (Å²) in [4.78, 5) is 6.69. The average molecular weight is 260 g/mol. The zero-order valence-electron chi connectivity index (χ0n) is 12.5. The molecule has 0 aliphatic heterocycles. The zero-order chi connectivity index (χ0) is 14.2. The molecule has 1 aromatic carbocycles. The van der Waals surface area contributed by atoms with Crippen LogP contribution < -0.4 is 5.73 Å². The monoisotopic (exact) mass is 260 g/mol. The van der Waals surface area contributed by atoms with Crippen molar-refractivity contribution in [3.63, 3.8) is 0 Å². The van der Waals surface area contributed by atoms with E-state index >= 15 is 0 Å². The molecule has 104 valence electrons. The van der Waals surface area contributed by atoms with E-state index in [2.05, 4.69) is 61.5 Å². The highest BCUT2D eigenvalue weighted by atomic mass is 15.2. The Kier molecular flexibility index (Phi) is 3.80. The first-order chi connectivity index (χ1) is 8.90. The molecular weight excluding hydrogens is 236 g/mol. The van der Waals surface area contributed by atoms with Gasteiger partial charge < -0.3 is 15.2 Å². The number of likely N-dealkylation sites (N-methyl/N-ethyl adjacent to an activating group) is 1. The van der Waals surface area contributed by atoms with Gasteiger partial charge in [-0.1, -0.05) is 19.9 Å². The Hall–Kier alpha value is -1.55. The van der Waals surface area contributed by atoms with Gasteiger partial charge in [0.1, 0.15) is 0 Å². The van der Waals surface area contributed by atoms with E-state index in [-0.39, 0.29) is 0 Å². The Morgan fingerprint density at radius 1 is 1.32 bits per heavy atom. The Bertz CT molecular complexity index is 569. The van der Waals surface area contributed by atoms with Crippen LogP contribution in [0.1, 0.15) is 25.5 Å². The second-order valence-electron chi connectivity index (χ2n) is 5.91. The maximum Gasteiger partial charge on any atom is 0.201 e. The Balaban J connectivity index is 2.57. The lowest BCUT2D eigenvalue weighted by Gasteiger charge is -2.27. The van der Waals surface area contributed by atoms with Gasteiger partial charge >= 0.3 is 0 Å². The number of benzene rings is 1. The summed E-state index contributed by atoms with van der Waals surface area (Å²) >= 11 is 0. The zero-order valence-corrected chi connectivity index (χ0v) is 12.5. The summed E-state index contributed by atoms with van der Waals surface area (Å²) in [5.41, 5.74) is 9.50. The standard InChI is InChI=1S/C15H24N4/c1-10(2)14(9-18(4)5)19-13-8-11(3)6-7-12(13)17-15(19)16/h6-8,10,14H,9H2,1-5H3,(H2,16,17). The van der Waals surface area contributed by atoms with E-state index in [4.69, 9.17) is 5.73 Å². The average Bonchev–Trinajstić information content (AvgIpc) is 2.61. The Morgan fingerprint density at radius 2 is 2.00 bits per heavy atom. The van der Waals surface area contributed by atoms with E-state index in [9.17, 15) is 0 Å². The predicted molar refractivity (Wildman–Crippen MR) is 81.3 cm³/mol. The van der Waals surface area contributed by atoms with E-state index in [1.807, 2.05) is 6.07 Å². The van der Waals surface area contributed by atoms with Crippen molar-refractivity contribution >= 4 is 17.0 Å². The third-order valence-corrected chi connectivity index (χ3v) is 3.53. The highest BCUT2D eigenvalue weighted by Gasteiger charge is 2.21. The number of imidazole rings is 1. The SMILES string of the molecule is Cc1ccc2nc(N)n(C(CN(C)C)C(C)C)c2c1. The number of hydrogen-bond acceptors (Lipinski definition) is 3. The molecule has 1 heterocycles. The van der Waals surface area contributed by atoms with Gasteiger partial charge in [0, 0.05) is 6.54 Å². The first-order valence-electron chi connectivity index (χ1n) is 6.79. The van der Waals surface area contributed by atoms with E-state index in [1.54, 1.807) is 0 Å². The largest absolute Gasteiger partial charge is 0.369 e. The fraction of sp³-hybridized carbons (Fsp3) is 0.533. The summed E-state index contributed by atoms with van der Waals surface area (Å²) in [7, 11) is 4.19. The van der Waals surface area contributed by atoms with Crippen LogP contribution in [0, 0.1) is 12.8 Å². The van der Waals surface area contributed by atoms with E-state index in [0.29, 0.717) is 17.9 Å². The number of anilines is 1. The second-order valence-corrected chi connectivity index (χ2v) is 5.91. The molecule has 0 saturated carbocycles. The molecular formula is C15H24N4. The van der Waals surface area contributed by atoms with Gasteiger partial charge in [0.2, 0.25) is 5.95 Å². The van der Waals surface area contributed by atoms with E-state index in [0.717, 1.165) is 17.6 Å². The maximum atomic E-state index is 6.15. The van der Waals surface area contributed by atoms with Crippen LogP contribution in [0.5, 0.6) is 0 Å². The fourth-order valence-electron chi connectivity index (χ4n) is 2.53. The van der Waals surface area contributed by atoms with Gasteiger partial charge in [0.15, 0.2) is 0 Å². The van der Waals surface area contributed by atoms with Gasteiger partial charge in [-0.3, -0.25) is 0 Å². The number of nitrogens with zero attached hydrogens (tertiary/aromatic N) is 3. The van der Waals surface area contributed by atoms with Crippen molar-refractivity contribution in [3.05, 3.63) is 23.8 Å². The van der Waals surface area contributed by atoms with E-state index < -0.39 is 0 Å². The number of hydrogen-bond donors (Lipinski definition) is 1. The normalized spacial score (nSPS) is 13.6. The quantitative estimate of drug-likeness (QED) is 0.919. The highest BCUT2D eigenvalue weighted by molar-refractivity contribution is 5.79. The Morgan fingerprint density at radius 3 is 2.58 bits per heavy atom. The summed E-state index contributed by atoms with van der Waals surface area (Å²) in [5, 5.41) is 0. The molecule has 1 atom stereocenters. The number of rotatable bonds is 4. The third kappa shape index (κ3) is 2.73. The van der Waals surface area contributed by atoms with Crippen LogP contribution in [-0.4, -0.2) is 35.1 Å². The van der Waals surface area contributed by atoms with Crippen molar-refractivity contribution in [3.8, 4) is 0 Å². The van der Waals surface area contributed by atoms with Crippen molar-refractivity contribution in [2.45, 2.75) is 26.8 Å². The van der Waals surface area contributed by atoms with Gasteiger partial charge in [-0.05, 0) is 44.6 Å². The van der Waals surface area contributed by atoms with Crippen molar-refractivity contribution < 1.29 is 0 Å². The van der Waals surface area contributed by atoms with Crippen LogP contribution in [0.15, 0.2) is 18.2 Å². The van der Waals surface area contributed by atoms with Crippen LogP contribution in [0.25, 0.3) is 11.0 Å². The van der Waals surface area contributed by atoms with Crippen molar-refractivity contribution in [1.29, 1.82) is 0 Å². The number of fused-ring (bicyclic) bond motifs is 1. The van der Waals surface area contributed by atoms with Crippen molar-refractivity contribution in [2.75, 3.05) is 26.4 Å². The van der Waals surface area contributed by atoms with Crippen LogP contribution >= 0.6 is 0 Å². The van der Waals surface area contributed by atoms with E-state index in [1.165, 1.54) is 5.56 Å². The molecule has 0 fully saturated rings. The van der Waals surface area contributed by atoms with Crippen LogP contribution in [-0.2, 0) is 0 Å². The van der Waals surface area contributed by atoms with Gasteiger partial charge in [0.25, 0.3) is 0 Å². The molecule has 0 radical (unpaired) electrons. The molecule has 2 aromatic rings. The van der Waals surface area contributed by atoms with Gasteiger partial charge in [-0.15, -0.1) is 0 Å². The lowest BCUT2D eigenvalue weighted by Crippen LogP contribution is -2.28. The maximum absolute atomic E-state index is 6.15. The molecule has 4 nitrogen and oxygen atoms in total. The van der Waals surface area contributed by atoms with Gasteiger partial charge in [0.05, 0.1) is 17.1 Å². The lowest BCUT2D eigenvalue weighted by atomic mass is 10.0. The number of nitrogen functional groups attached to an aromatic ring is 1. The number of aromatic nitrogens is 2. The summed E-state index contributed by atoms with van der Waals surface area (Å²) in [6, 6.07) is 6.63. The van der Waals surface area contributed by atoms with Crippen molar-refractivity contribution in [1.82, 2.24) is 14.5 Å². The van der Waals surface area contributed by atoms with Gasteiger partial charge in [-0.25, -0.2) is 4.98 Å². The molecule has 0 aliphatic carbocycles. The molecule has 0 amide bonds. The lowest BCUT2D eigenvalue weighted by molar-refractivity contribution is 0.275.